The second kappa shape index (κ2) is 7.28. The molecular formula is C19H19FN6O2S. The van der Waals surface area contributed by atoms with Crippen molar-refractivity contribution in [2.75, 3.05) is 5.32 Å². The molecule has 150 valence electrons. The number of rotatable bonds is 4. The SMILES string of the molecule is Cn1ccc(S(=N)(=O)NC(=O)Nc2c(-c3ccncc3)cc(F)c3c2CCC3)n1. The van der Waals surface area contributed by atoms with Crippen LogP contribution in [-0.4, -0.2) is 25.0 Å². The first kappa shape index (κ1) is 19.1. The standard InChI is InChI=1S/C19H19FN6O2S/c1-26-10-7-17(24-26)29(21,28)25-19(27)23-18-14-4-2-3-13(14)16(20)11-15(18)12-5-8-22-9-6-12/h5-11H,2-4H2,1H3,(H3,21,23,25,27,28). The van der Waals surface area contributed by atoms with Crippen LogP contribution in [0.2, 0.25) is 0 Å². The summed E-state index contributed by atoms with van der Waals surface area (Å²) in [6.07, 6.45) is 6.71. The molecule has 1 aliphatic carbocycles. The first-order valence-electron chi connectivity index (χ1n) is 8.97. The van der Waals surface area contributed by atoms with Gasteiger partial charge in [-0.15, -0.1) is 0 Å². The summed E-state index contributed by atoms with van der Waals surface area (Å²) in [5.74, 6) is -0.312. The fourth-order valence-corrected chi connectivity index (χ4v) is 4.42. The Morgan fingerprint density at radius 1 is 1.24 bits per heavy atom. The van der Waals surface area contributed by atoms with Crippen LogP contribution in [0.1, 0.15) is 17.5 Å². The number of aryl methyl sites for hydroxylation is 1. The van der Waals surface area contributed by atoms with Gasteiger partial charge in [0.1, 0.15) is 5.82 Å². The Bertz CT molecular complexity index is 1190. The molecule has 4 rings (SSSR count). The largest absolute Gasteiger partial charge is 0.332 e. The Labute approximate surface area is 167 Å². The molecule has 2 amide bonds. The lowest BCUT2D eigenvalue weighted by molar-refractivity contribution is 0.256. The second-order valence-corrected chi connectivity index (χ2v) is 8.50. The van der Waals surface area contributed by atoms with Crippen molar-refractivity contribution >= 4 is 21.6 Å². The number of halogens is 1. The van der Waals surface area contributed by atoms with E-state index < -0.39 is 15.9 Å². The number of amides is 2. The van der Waals surface area contributed by atoms with E-state index in [4.69, 9.17) is 4.78 Å². The van der Waals surface area contributed by atoms with Crippen LogP contribution in [0.4, 0.5) is 14.9 Å². The number of hydrogen-bond acceptors (Lipinski definition) is 5. The lowest BCUT2D eigenvalue weighted by atomic mass is 9.97. The number of anilines is 1. The lowest BCUT2D eigenvalue weighted by Crippen LogP contribution is -2.34. The Balaban J connectivity index is 1.69. The van der Waals surface area contributed by atoms with E-state index >= 15 is 0 Å². The van der Waals surface area contributed by atoms with Gasteiger partial charge in [-0.3, -0.25) is 9.67 Å². The number of fused-ring (bicyclic) bond motifs is 1. The Hall–Kier alpha value is -3.27. The van der Waals surface area contributed by atoms with Crippen LogP contribution in [0, 0.1) is 10.6 Å². The van der Waals surface area contributed by atoms with Crippen molar-refractivity contribution in [3.63, 3.8) is 0 Å². The van der Waals surface area contributed by atoms with Crippen LogP contribution in [0.5, 0.6) is 0 Å². The average Bonchev–Trinajstić information content (AvgIpc) is 3.34. The number of nitrogens with zero attached hydrogens (tertiary/aromatic N) is 3. The van der Waals surface area contributed by atoms with Crippen LogP contribution in [0.3, 0.4) is 0 Å². The number of hydrogen-bond donors (Lipinski definition) is 3. The second-order valence-electron chi connectivity index (χ2n) is 6.77. The van der Waals surface area contributed by atoms with Gasteiger partial charge in [0.15, 0.2) is 14.9 Å². The topological polar surface area (TPSA) is 113 Å². The molecule has 0 fully saturated rings. The van der Waals surface area contributed by atoms with E-state index in [1.807, 2.05) is 0 Å². The van der Waals surface area contributed by atoms with Crippen molar-refractivity contribution in [2.45, 2.75) is 24.3 Å². The van der Waals surface area contributed by atoms with Gasteiger partial charge in [0, 0.05) is 31.2 Å². The fourth-order valence-electron chi connectivity index (χ4n) is 3.50. The summed E-state index contributed by atoms with van der Waals surface area (Å²) in [6, 6.07) is 5.44. The Morgan fingerprint density at radius 3 is 2.66 bits per heavy atom. The third kappa shape index (κ3) is 3.70. The zero-order valence-electron chi connectivity index (χ0n) is 15.6. The number of carbonyl (C=O) groups is 1. The predicted octanol–water partition coefficient (Wildman–Crippen LogP) is 3.25. The number of pyridine rings is 1. The summed E-state index contributed by atoms with van der Waals surface area (Å²) in [6.45, 7) is 0. The summed E-state index contributed by atoms with van der Waals surface area (Å²) in [5, 5.41) is 6.58. The Morgan fingerprint density at radius 2 is 1.97 bits per heavy atom. The maximum absolute atomic E-state index is 14.6. The van der Waals surface area contributed by atoms with Crippen molar-refractivity contribution in [1.82, 2.24) is 19.5 Å². The van der Waals surface area contributed by atoms with Gasteiger partial charge >= 0.3 is 6.03 Å². The fraction of sp³-hybridized carbons (Fsp3) is 0.211. The van der Waals surface area contributed by atoms with Gasteiger partial charge in [0.2, 0.25) is 0 Å². The van der Waals surface area contributed by atoms with Crippen molar-refractivity contribution in [3.8, 4) is 11.1 Å². The van der Waals surface area contributed by atoms with E-state index in [0.29, 0.717) is 35.2 Å². The number of aromatic nitrogens is 3. The summed E-state index contributed by atoms with van der Waals surface area (Å²) >= 11 is 0. The van der Waals surface area contributed by atoms with E-state index in [9.17, 15) is 13.4 Å². The van der Waals surface area contributed by atoms with Crippen molar-refractivity contribution < 1.29 is 13.4 Å². The molecule has 2 aromatic heterocycles. The molecule has 10 heteroatoms. The van der Waals surface area contributed by atoms with E-state index in [0.717, 1.165) is 12.0 Å². The molecule has 3 N–H and O–H groups in total. The molecule has 2 heterocycles. The quantitative estimate of drug-likeness (QED) is 0.608. The molecule has 1 unspecified atom stereocenters. The van der Waals surface area contributed by atoms with Gasteiger partial charge in [-0.1, -0.05) is 0 Å². The number of urea groups is 1. The maximum Gasteiger partial charge on any atom is 0.332 e. The first-order chi connectivity index (χ1) is 13.8. The van der Waals surface area contributed by atoms with Crippen molar-refractivity contribution in [1.29, 1.82) is 4.78 Å². The van der Waals surface area contributed by atoms with Crippen molar-refractivity contribution in [2.24, 2.45) is 7.05 Å². The van der Waals surface area contributed by atoms with Gasteiger partial charge in [0.05, 0.1) is 5.69 Å². The van der Waals surface area contributed by atoms with E-state index in [1.165, 1.54) is 23.0 Å². The number of benzene rings is 1. The molecule has 0 aliphatic heterocycles. The minimum absolute atomic E-state index is 0.0474. The van der Waals surface area contributed by atoms with Crippen LogP contribution < -0.4 is 10.0 Å². The molecule has 0 bridgehead atoms. The minimum atomic E-state index is -3.64. The highest BCUT2D eigenvalue weighted by Crippen LogP contribution is 2.39. The zero-order valence-corrected chi connectivity index (χ0v) is 16.4. The molecule has 1 atom stereocenters. The highest BCUT2D eigenvalue weighted by molar-refractivity contribution is 7.91. The summed E-state index contributed by atoms with van der Waals surface area (Å²) < 4.78 is 38.8. The molecule has 1 aliphatic rings. The molecule has 0 saturated carbocycles. The smallest absolute Gasteiger partial charge is 0.306 e. The molecule has 0 spiro atoms. The van der Waals surface area contributed by atoms with Crippen LogP contribution in [-0.2, 0) is 29.8 Å². The van der Waals surface area contributed by atoms with Gasteiger partial charge in [0.25, 0.3) is 0 Å². The van der Waals surface area contributed by atoms with E-state index in [-0.39, 0.29) is 10.8 Å². The number of carbonyl (C=O) groups excluding carboxylic acids is 1. The highest BCUT2D eigenvalue weighted by atomic mass is 32.2. The molecule has 1 aromatic carbocycles. The minimum Gasteiger partial charge on any atom is -0.306 e. The van der Waals surface area contributed by atoms with Gasteiger partial charge in [-0.05, 0) is 60.2 Å². The summed E-state index contributed by atoms with van der Waals surface area (Å²) in [4.78, 5) is 16.6. The monoisotopic (exact) mass is 414 g/mol. The molecular weight excluding hydrogens is 395 g/mol. The van der Waals surface area contributed by atoms with E-state index in [1.54, 1.807) is 31.6 Å². The van der Waals surface area contributed by atoms with E-state index in [2.05, 4.69) is 20.1 Å². The Kier molecular flexibility index (Phi) is 4.79. The summed E-state index contributed by atoms with van der Waals surface area (Å²) in [7, 11) is -2.01. The normalized spacial score (nSPS) is 14.8. The third-order valence-electron chi connectivity index (χ3n) is 4.80. The van der Waals surface area contributed by atoms with Crippen LogP contribution in [0.25, 0.3) is 11.1 Å². The van der Waals surface area contributed by atoms with Gasteiger partial charge < -0.3 is 5.32 Å². The van der Waals surface area contributed by atoms with Crippen molar-refractivity contribution in [3.05, 3.63) is 59.8 Å². The average molecular weight is 414 g/mol. The zero-order chi connectivity index (χ0) is 20.6. The third-order valence-corrected chi connectivity index (χ3v) is 6.08. The molecule has 29 heavy (non-hydrogen) atoms. The number of nitrogens with one attached hydrogen (secondary N) is 3. The summed E-state index contributed by atoms with van der Waals surface area (Å²) in [5.41, 5.74) is 2.96. The molecule has 3 aromatic rings. The maximum atomic E-state index is 14.6. The van der Waals surface area contributed by atoms with Gasteiger partial charge in [-0.25, -0.2) is 22.9 Å². The predicted molar refractivity (Wildman–Crippen MR) is 106 cm³/mol. The molecule has 0 saturated heterocycles. The first-order valence-corrected chi connectivity index (χ1v) is 10.5. The van der Waals surface area contributed by atoms with Crippen LogP contribution in [0.15, 0.2) is 47.9 Å². The van der Waals surface area contributed by atoms with Gasteiger partial charge in [-0.2, -0.15) is 5.10 Å². The molecule has 8 nitrogen and oxygen atoms in total. The molecule has 0 radical (unpaired) electrons. The van der Waals surface area contributed by atoms with Crippen LogP contribution >= 0.6 is 0 Å². The highest BCUT2D eigenvalue weighted by Gasteiger charge is 2.25. The lowest BCUT2D eigenvalue weighted by Gasteiger charge is -2.17.